The van der Waals surface area contributed by atoms with Gasteiger partial charge in [-0.3, -0.25) is 9.59 Å². The van der Waals surface area contributed by atoms with Crippen LogP contribution in [-0.4, -0.2) is 55.0 Å². The summed E-state index contributed by atoms with van der Waals surface area (Å²) in [6.45, 7) is 6.55. The molecule has 1 aromatic carbocycles. The summed E-state index contributed by atoms with van der Waals surface area (Å²) >= 11 is 0. The Hall–Kier alpha value is -4.21. The van der Waals surface area contributed by atoms with Gasteiger partial charge < -0.3 is 10.2 Å². The highest BCUT2D eigenvalue weighted by Crippen LogP contribution is 2.40. The number of carbonyl (C=O) groups is 2. The van der Waals surface area contributed by atoms with Gasteiger partial charge in [0, 0.05) is 19.2 Å². The van der Waals surface area contributed by atoms with Crippen molar-refractivity contribution >= 4 is 28.7 Å². The zero-order valence-electron chi connectivity index (χ0n) is 21.7. The molecule has 6 rings (SSSR count). The number of benzene rings is 1. The molecule has 0 atom stereocenters. The van der Waals surface area contributed by atoms with Crippen LogP contribution in [0.4, 0.5) is 10.2 Å². The Labute approximate surface area is 219 Å². The molecule has 1 aliphatic heterocycles. The van der Waals surface area contributed by atoms with Crippen LogP contribution in [0, 0.1) is 18.7 Å². The van der Waals surface area contributed by atoms with Crippen molar-refractivity contribution in [2.75, 3.05) is 18.9 Å². The van der Waals surface area contributed by atoms with Crippen molar-refractivity contribution in [2.45, 2.75) is 45.6 Å². The summed E-state index contributed by atoms with van der Waals surface area (Å²) in [7, 11) is 1.75. The van der Waals surface area contributed by atoms with Gasteiger partial charge in [-0.25, -0.2) is 24.0 Å². The predicted octanol–water partition coefficient (Wildman–Crippen LogP) is 4.10. The Bertz CT molecular complexity index is 1620. The number of hydrogen-bond donors (Lipinski definition) is 1. The van der Waals surface area contributed by atoms with Crippen LogP contribution in [0.1, 0.15) is 53.9 Å². The van der Waals surface area contributed by atoms with E-state index in [0.717, 1.165) is 30.2 Å². The van der Waals surface area contributed by atoms with E-state index in [9.17, 15) is 14.0 Å². The zero-order valence-corrected chi connectivity index (χ0v) is 21.7. The summed E-state index contributed by atoms with van der Waals surface area (Å²) in [5, 5.41) is 7.98. The Balaban J connectivity index is 1.52. The van der Waals surface area contributed by atoms with Crippen LogP contribution in [-0.2, 0) is 16.8 Å². The fourth-order valence-electron chi connectivity index (χ4n) is 4.99. The Morgan fingerprint density at radius 3 is 2.74 bits per heavy atom. The minimum Gasteiger partial charge on any atom is -0.340 e. The summed E-state index contributed by atoms with van der Waals surface area (Å²) in [5.41, 5.74) is 2.52. The molecule has 0 spiro atoms. The normalized spacial score (nSPS) is 16.0. The standard InChI is InChI=1S/C28H28FN7O2/c1-15-7-5-6-8-17(15)14-36-25-19(11-18(29)12-30-25)21(34-36)24-31-22(26(37)35(4)13-16-9-10-16)20-23(32-24)33-27(38)28(20,2)3/h5-8,11-12,16H,9-10,13-14H2,1-4H3,(H,31,32,33,38). The van der Waals surface area contributed by atoms with Crippen LogP contribution < -0.4 is 5.32 Å². The van der Waals surface area contributed by atoms with Gasteiger partial charge in [0.1, 0.15) is 23.0 Å². The number of pyridine rings is 1. The van der Waals surface area contributed by atoms with E-state index in [1.165, 1.54) is 6.07 Å². The Morgan fingerprint density at radius 2 is 2.00 bits per heavy atom. The molecule has 1 aliphatic carbocycles. The van der Waals surface area contributed by atoms with E-state index in [-0.39, 0.29) is 29.2 Å². The Morgan fingerprint density at radius 1 is 1.24 bits per heavy atom. The van der Waals surface area contributed by atoms with Gasteiger partial charge >= 0.3 is 0 Å². The van der Waals surface area contributed by atoms with Crippen LogP contribution in [0.25, 0.3) is 22.6 Å². The van der Waals surface area contributed by atoms with Gasteiger partial charge in [-0.1, -0.05) is 24.3 Å². The van der Waals surface area contributed by atoms with Crippen LogP contribution in [0.5, 0.6) is 0 Å². The summed E-state index contributed by atoms with van der Waals surface area (Å²) in [4.78, 5) is 41.8. The van der Waals surface area contributed by atoms with Gasteiger partial charge in [-0.15, -0.1) is 0 Å². The predicted molar refractivity (Wildman–Crippen MR) is 140 cm³/mol. The number of rotatable bonds is 6. The fourth-order valence-corrected chi connectivity index (χ4v) is 4.99. The molecular weight excluding hydrogens is 485 g/mol. The molecule has 4 heterocycles. The molecular formula is C28H28FN7O2. The van der Waals surface area contributed by atoms with Gasteiger partial charge in [-0.2, -0.15) is 5.10 Å². The molecule has 2 aliphatic rings. The van der Waals surface area contributed by atoms with Gasteiger partial charge in [0.05, 0.1) is 23.5 Å². The third-order valence-electron chi connectivity index (χ3n) is 7.46. The van der Waals surface area contributed by atoms with Crippen molar-refractivity contribution in [1.82, 2.24) is 29.6 Å². The number of carbonyl (C=O) groups excluding carboxylic acids is 2. The Kier molecular flexibility index (Phi) is 5.51. The lowest BCUT2D eigenvalue weighted by Crippen LogP contribution is -2.34. The van der Waals surface area contributed by atoms with Crippen molar-refractivity contribution in [3.8, 4) is 11.5 Å². The summed E-state index contributed by atoms with van der Waals surface area (Å²) in [6.07, 6.45) is 3.34. The highest BCUT2D eigenvalue weighted by molar-refractivity contribution is 6.09. The number of halogens is 1. The molecule has 9 nitrogen and oxygen atoms in total. The van der Waals surface area contributed by atoms with E-state index in [2.05, 4.69) is 15.3 Å². The molecule has 0 saturated heterocycles. The van der Waals surface area contributed by atoms with E-state index in [0.29, 0.717) is 41.3 Å². The minimum absolute atomic E-state index is 0.130. The lowest BCUT2D eigenvalue weighted by atomic mass is 9.85. The molecule has 1 N–H and O–H groups in total. The summed E-state index contributed by atoms with van der Waals surface area (Å²) in [6, 6.07) is 9.28. The quantitative estimate of drug-likeness (QED) is 0.416. The molecule has 1 saturated carbocycles. The van der Waals surface area contributed by atoms with Gasteiger partial charge in [0.25, 0.3) is 5.91 Å². The van der Waals surface area contributed by atoms with Crippen molar-refractivity contribution in [3.05, 3.63) is 64.7 Å². The lowest BCUT2D eigenvalue weighted by molar-refractivity contribution is -0.119. The van der Waals surface area contributed by atoms with Crippen molar-refractivity contribution in [2.24, 2.45) is 5.92 Å². The third kappa shape index (κ3) is 4.00. The largest absolute Gasteiger partial charge is 0.340 e. The number of aryl methyl sites for hydroxylation is 1. The van der Waals surface area contributed by atoms with E-state index < -0.39 is 11.2 Å². The van der Waals surface area contributed by atoms with E-state index in [1.807, 2.05) is 31.2 Å². The van der Waals surface area contributed by atoms with Crippen molar-refractivity contribution in [1.29, 1.82) is 0 Å². The summed E-state index contributed by atoms with van der Waals surface area (Å²) in [5.74, 6) is -0.175. The topological polar surface area (TPSA) is 106 Å². The second-order valence-electron chi connectivity index (χ2n) is 10.8. The molecule has 194 valence electrons. The SMILES string of the molecule is Cc1ccccc1Cn1nc(-c2nc3c(c(C(=O)N(C)CC4CC4)n2)C(C)(C)C(=O)N3)c2cc(F)cnc21. The maximum absolute atomic E-state index is 14.4. The fraction of sp³-hybridized carbons (Fsp3) is 0.357. The molecule has 1 fully saturated rings. The van der Waals surface area contributed by atoms with Gasteiger partial charge in [0.15, 0.2) is 11.5 Å². The van der Waals surface area contributed by atoms with Crippen molar-refractivity contribution < 1.29 is 14.0 Å². The van der Waals surface area contributed by atoms with Crippen molar-refractivity contribution in [3.63, 3.8) is 0 Å². The highest BCUT2D eigenvalue weighted by Gasteiger charge is 2.45. The average Bonchev–Trinajstić information content (AvgIpc) is 3.58. The average molecular weight is 514 g/mol. The first-order valence-electron chi connectivity index (χ1n) is 12.7. The van der Waals surface area contributed by atoms with Crippen LogP contribution in [0.15, 0.2) is 36.5 Å². The van der Waals surface area contributed by atoms with Crippen LogP contribution >= 0.6 is 0 Å². The maximum Gasteiger partial charge on any atom is 0.272 e. The second-order valence-corrected chi connectivity index (χ2v) is 10.8. The number of nitrogens with zero attached hydrogens (tertiary/aromatic N) is 6. The monoisotopic (exact) mass is 513 g/mol. The first kappa shape index (κ1) is 24.1. The smallest absolute Gasteiger partial charge is 0.272 e. The number of anilines is 1. The van der Waals surface area contributed by atoms with Gasteiger partial charge in [0.2, 0.25) is 5.91 Å². The molecule has 0 bridgehead atoms. The molecule has 38 heavy (non-hydrogen) atoms. The summed E-state index contributed by atoms with van der Waals surface area (Å²) < 4.78 is 16.1. The molecule has 10 heteroatoms. The molecule has 0 radical (unpaired) electrons. The number of hydrogen-bond acceptors (Lipinski definition) is 6. The van der Waals surface area contributed by atoms with E-state index in [4.69, 9.17) is 10.1 Å². The first-order chi connectivity index (χ1) is 18.1. The molecule has 2 amide bonds. The third-order valence-corrected chi connectivity index (χ3v) is 7.46. The maximum atomic E-state index is 14.4. The lowest BCUT2D eigenvalue weighted by Gasteiger charge is -2.22. The molecule has 3 aromatic heterocycles. The molecule has 0 unspecified atom stereocenters. The highest BCUT2D eigenvalue weighted by atomic mass is 19.1. The first-order valence-corrected chi connectivity index (χ1v) is 12.7. The number of nitrogens with one attached hydrogen (secondary N) is 1. The number of amides is 2. The van der Waals surface area contributed by atoms with E-state index in [1.54, 1.807) is 30.5 Å². The van der Waals surface area contributed by atoms with Crippen LogP contribution in [0.2, 0.25) is 0 Å². The molecule has 4 aromatic rings. The number of aromatic nitrogens is 5. The van der Waals surface area contributed by atoms with Gasteiger partial charge in [-0.05, 0) is 56.7 Å². The number of fused-ring (bicyclic) bond motifs is 2. The second kappa shape index (κ2) is 8.68. The minimum atomic E-state index is -0.987. The van der Waals surface area contributed by atoms with E-state index >= 15 is 0 Å². The van der Waals surface area contributed by atoms with Crippen LogP contribution in [0.3, 0.4) is 0 Å². The zero-order chi connectivity index (χ0) is 26.8.